The number of piperidine rings is 1. The number of nitrogens with one attached hydrogen (secondary N) is 1. The molecule has 4 nitrogen and oxygen atoms in total. The summed E-state index contributed by atoms with van der Waals surface area (Å²) in [6.07, 6.45) is 5.48. The van der Waals surface area contributed by atoms with Crippen LogP contribution < -0.4 is 0 Å². The minimum Gasteiger partial charge on any atom is -0.391 e. The Hall–Kier alpha value is -1.29. The molecule has 0 aromatic carbocycles. The Kier molecular flexibility index (Phi) is 4.30. The van der Waals surface area contributed by atoms with Crippen molar-refractivity contribution in [3.05, 3.63) is 24.0 Å². The molecule has 0 aliphatic carbocycles. The second-order valence-electron chi connectivity index (χ2n) is 5.91. The highest BCUT2D eigenvalue weighted by Crippen LogP contribution is 2.28. The molecule has 2 N–H and O–H groups in total. The fourth-order valence-corrected chi connectivity index (χ4v) is 2.80. The number of aliphatic hydroxyl groups is 1. The molecule has 1 atom stereocenters. The Bertz CT molecular complexity index is 412. The molecule has 2 rings (SSSR count). The molecule has 1 aromatic rings. The summed E-state index contributed by atoms with van der Waals surface area (Å²) in [4.78, 5) is 17.3. The summed E-state index contributed by atoms with van der Waals surface area (Å²) in [6, 6.07) is 4.01. The normalized spacial score (nSPS) is 22.5. The number of aliphatic hydroxyl groups excluding tert-OH is 1. The smallest absolute Gasteiger partial charge is 0.223 e. The average Bonchev–Trinajstić information content (AvgIpc) is 2.85. The zero-order chi connectivity index (χ0) is 13.9. The maximum absolute atomic E-state index is 12.3. The van der Waals surface area contributed by atoms with E-state index in [1.807, 2.05) is 37.1 Å². The van der Waals surface area contributed by atoms with Gasteiger partial charge < -0.3 is 15.0 Å². The van der Waals surface area contributed by atoms with Gasteiger partial charge in [0.25, 0.3) is 0 Å². The number of H-pyrrole nitrogens is 1. The van der Waals surface area contributed by atoms with Gasteiger partial charge in [0, 0.05) is 24.9 Å². The van der Waals surface area contributed by atoms with Crippen LogP contribution in [0, 0.1) is 0 Å². The monoisotopic (exact) mass is 264 g/mol. The summed E-state index contributed by atoms with van der Waals surface area (Å²) in [5.41, 5.74) is 0.743. The lowest BCUT2D eigenvalue weighted by Gasteiger charge is -2.46. The first-order valence-corrected chi connectivity index (χ1v) is 7.12. The number of aryl methyl sites for hydroxylation is 1. The van der Waals surface area contributed by atoms with Crippen LogP contribution in [0.2, 0.25) is 0 Å². The number of hydrogen-bond acceptors (Lipinski definition) is 2. The maximum atomic E-state index is 12.3. The Morgan fingerprint density at radius 1 is 1.58 bits per heavy atom. The number of aromatic nitrogens is 1. The second kappa shape index (κ2) is 5.78. The second-order valence-corrected chi connectivity index (χ2v) is 5.91. The van der Waals surface area contributed by atoms with Crippen molar-refractivity contribution in [1.29, 1.82) is 0 Å². The zero-order valence-electron chi connectivity index (χ0n) is 11.9. The maximum Gasteiger partial charge on any atom is 0.223 e. The number of carbonyl (C=O) groups is 1. The summed E-state index contributed by atoms with van der Waals surface area (Å²) < 4.78 is 0. The van der Waals surface area contributed by atoms with Gasteiger partial charge >= 0.3 is 0 Å². The van der Waals surface area contributed by atoms with Crippen molar-refractivity contribution in [2.24, 2.45) is 0 Å². The number of carbonyl (C=O) groups excluding carboxylic acids is 1. The van der Waals surface area contributed by atoms with Crippen molar-refractivity contribution in [2.45, 2.75) is 57.6 Å². The highest BCUT2D eigenvalue weighted by atomic mass is 16.3. The summed E-state index contributed by atoms with van der Waals surface area (Å²) in [7, 11) is 0. The molecule has 1 unspecified atom stereocenters. The number of aromatic amines is 1. The van der Waals surface area contributed by atoms with E-state index in [2.05, 4.69) is 4.98 Å². The summed E-state index contributed by atoms with van der Waals surface area (Å²) in [5.74, 6) is 0.162. The van der Waals surface area contributed by atoms with E-state index in [9.17, 15) is 9.90 Å². The summed E-state index contributed by atoms with van der Waals surface area (Å²) in [5, 5.41) is 10.0. The third-order valence-corrected chi connectivity index (χ3v) is 4.17. The van der Waals surface area contributed by atoms with Crippen molar-refractivity contribution in [3.63, 3.8) is 0 Å². The summed E-state index contributed by atoms with van der Waals surface area (Å²) >= 11 is 0. The van der Waals surface area contributed by atoms with Crippen LogP contribution in [0.5, 0.6) is 0 Å². The van der Waals surface area contributed by atoms with Crippen molar-refractivity contribution >= 4 is 5.91 Å². The van der Waals surface area contributed by atoms with E-state index >= 15 is 0 Å². The van der Waals surface area contributed by atoms with E-state index < -0.39 is 11.6 Å². The SMILES string of the molecule is CC1(C)C(O)CCCN1C(=O)CCCc1ccc[nH]1. The largest absolute Gasteiger partial charge is 0.391 e. The Labute approximate surface area is 114 Å². The number of hydrogen-bond donors (Lipinski definition) is 2. The van der Waals surface area contributed by atoms with Crippen molar-refractivity contribution in [1.82, 2.24) is 9.88 Å². The third-order valence-electron chi connectivity index (χ3n) is 4.17. The number of likely N-dealkylation sites (tertiary alicyclic amines) is 1. The van der Waals surface area contributed by atoms with Crippen LogP contribution in [0.3, 0.4) is 0 Å². The first kappa shape index (κ1) is 14.1. The molecule has 1 amide bonds. The van der Waals surface area contributed by atoms with Gasteiger partial charge in [0.1, 0.15) is 0 Å². The van der Waals surface area contributed by atoms with Gasteiger partial charge in [0.15, 0.2) is 0 Å². The molecule has 0 bridgehead atoms. The van der Waals surface area contributed by atoms with Gasteiger partial charge in [0.05, 0.1) is 11.6 Å². The van der Waals surface area contributed by atoms with Gasteiger partial charge in [0.2, 0.25) is 5.91 Å². The first-order valence-electron chi connectivity index (χ1n) is 7.12. The van der Waals surface area contributed by atoms with E-state index in [1.54, 1.807) is 0 Å². The van der Waals surface area contributed by atoms with Gasteiger partial charge in [-0.05, 0) is 51.7 Å². The lowest BCUT2D eigenvalue weighted by Crippen LogP contribution is -2.58. The van der Waals surface area contributed by atoms with E-state index in [0.29, 0.717) is 6.42 Å². The highest BCUT2D eigenvalue weighted by molar-refractivity contribution is 5.77. The Balaban J connectivity index is 1.85. The number of rotatable bonds is 4. The topological polar surface area (TPSA) is 56.3 Å². The zero-order valence-corrected chi connectivity index (χ0v) is 11.9. The minimum atomic E-state index is -0.429. The van der Waals surface area contributed by atoms with Gasteiger partial charge in [-0.1, -0.05) is 0 Å². The average molecular weight is 264 g/mol. The molecular formula is C15H24N2O2. The van der Waals surface area contributed by atoms with Crippen molar-refractivity contribution in [3.8, 4) is 0 Å². The van der Waals surface area contributed by atoms with Crippen LogP contribution in [-0.2, 0) is 11.2 Å². The first-order chi connectivity index (χ1) is 9.01. The lowest BCUT2D eigenvalue weighted by atomic mass is 9.87. The fraction of sp³-hybridized carbons (Fsp3) is 0.667. The quantitative estimate of drug-likeness (QED) is 0.875. The molecule has 106 valence electrons. The molecule has 1 saturated heterocycles. The van der Waals surface area contributed by atoms with E-state index in [0.717, 1.165) is 32.2 Å². The predicted molar refractivity (Wildman–Crippen MR) is 74.8 cm³/mol. The fourth-order valence-electron chi connectivity index (χ4n) is 2.80. The molecule has 1 aromatic heterocycles. The van der Waals surface area contributed by atoms with Crippen LogP contribution >= 0.6 is 0 Å². The molecule has 19 heavy (non-hydrogen) atoms. The third kappa shape index (κ3) is 3.18. The lowest BCUT2D eigenvalue weighted by molar-refractivity contribution is -0.145. The molecule has 0 spiro atoms. The minimum absolute atomic E-state index is 0.162. The molecule has 0 saturated carbocycles. The number of nitrogens with zero attached hydrogens (tertiary/aromatic N) is 1. The van der Waals surface area contributed by atoms with Crippen LogP contribution in [0.25, 0.3) is 0 Å². The Morgan fingerprint density at radius 2 is 2.37 bits per heavy atom. The molecule has 1 fully saturated rings. The van der Waals surface area contributed by atoms with Gasteiger partial charge in [-0.3, -0.25) is 4.79 Å². The van der Waals surface area contributed by atoms with Crippen molar-refractivity contribution in [2.75, 3.05) is 6.54 Å². The molecule has 0 radical (unpaired) electrons. The predicted octanol–water partition coefficient (Wildman–Crippen LogP) is 2.10. The van der Waals surface area contributed by atoms with Crippen LogP contribution in [0.1, 0.15) is 45.2 Å². The van der Waals surface area contributed by atoms with Gasteiger partial charge in [-0.25, -0.2) is 0 Å². The van der Waals surface area contributed by atoms with Gasteiger partial charge in [-0.2, -0.15) is 0 Å². The Morgan fingerprint density at radius 3 is 3.05 bits per heavy atom. The van der Waals surface area contributed by atoms with Gasteiger partial charge in [-0.15, -0.1) is 0 Å². The van der Waals surface area contributed by atoms with Crippen LogP contribution in [0.15, 0.2) is 18.3 Å². The van der Waals surface area contributed by atoms with E-state index in [1.165, 1.54) is 5.69 Å². The molecule has 1 aliphatic rings. The standard InChI is InChI=1S/C15H24N2O2/c1-15(2)13(18)8-5-11-17(15)14(19)9-3-6-12-7-4-10-16-12/h4,7,10,13,16,18H,3,5-6,8-9,11H2,1-2H3. The summed E-state index contributed by atoms with van der Waals surface area (Å²) in [6.45, 7) is 4.69. The molecular weight excluding hydrogens is 240 g/mol. The van der Waals surface area contributed by atoms with Crippen LogP contribution in [0.4, 0.5) is 0 Å². The van der Waals surface area contributed by atoms with E-state index in [-0.39, 0.29) is 5.91 Å². The molecule has 2 heterocycles. The molecule has 4 heteroatoms. The van der Waals surface area contributed by atoms with Crippen LogP contribution in [-0.4, -0.2) is 39.1 Å². The molecule has 1 aliphatic heterocycles. The highest BCUT2D eigenvalue weighted by Gasteiger charge is 2.39. The van der Waals surface area contributed by atoms with Crippen molar-refractivity contribution < 1.29 is 9.90 Å². The van der Waals surface area contributed by atoms with E-state index in [4.69, 9.17) is 0 Å². The number of amides is 1.